The van der Waals surface area contributed by atoms with Crippen molar-refractivity contribution < 1.29 is 4.79 Å². The van der Waals surface area contributed by atoms with Gasteiger partial charge in [0.2, 0.25) is 5.91 Å². The SMILES string of the molecule is CCCC(=O)Nc1ccc(CN=C(NCC)NCc2nc(C(C)C)cs2)cc1. The average molecular weight is 402 g/mol. The Morgan fingerprint density at radius 1 is 1.18 bits per heavy atom. The molecule has 0 spiro atoms. The summed E-state index contributed by atoms with van der Waals surface area (Å²) in [6, 6.07) is 7.82. The lowest BCUT2D eigenvalue weighted by molar-refractivity contribution is -0.116. The Morgan fingerprint density at radius 2 is 1.93 bits per heavy atom. The van der Waals surface area contributed by atoms with E-state index in [1.807, 2.05) is 38.1 Å². The van der Waals surface area contributed by atoms with Gasteiger partial charge in [-0.1, -0.05) is 32.9 Å². The van der Waals surface area contributed by atoms with Crippen LogP contribution in [0.4, 0.5) is 5.69 Å². The predicted octanol–water partition coefficient (Wildman–Crippen LogP) is 4.26. The molecule has 3 N–H and O–H groups in total. The molecule has 0 fully saturated rings. The zero-order valence-electron chi connectivity index (χ0n) is 17.2. The van der Waals surface area contributed by atoms with Crippen molar-refractivity contribution in [1.82, 2.24) is 15.6 Å². The number of nitrogens with zero attached hydrogens (tertiary/aromatic N) is 2. The highest BCUT2D eigenvalue weighted by molar-refractivity contribution is 7.09. The van der Waals surface area contributed by atoms with E-state index in [0.29, 0.717) is 25.4 Å². The number of hydrogen-bond acceptors (Lipinski definition) is 4. The van der Waals surface area contributed by atoms with Gasteiger partial charge in [0.1, 0.15) is 5.01 Å². The van der Waals surface area contributed by atoms with Gasteiger partial charge in [-0.2, -0.15) is 0 Å². The number of benzene rings is 1. The number of rotatable bonds is 9. The minimum absolute atomic E-state index is 0.0507. The Labute approximate surface area is 171 Å². The first-order valence-electron chi connectivity index (χ1n) is 9.87. The monoisotopic (exact) mass is 401 g/mol. The fourth-order valence-electron chi connectivity index (χ4n) is 2.49. The molecule has 0 bridgehead atoms. The van der Waals surface area contributed by atoms with Crippen molar-refractivity contribution in [3.8, 4) is 0 Å². The van der Waals surface area contributed by atoms with Crippen LogP contribution in [0, 0.1) is 0 Å². The molecule has 7 heteroatoms. The normalized spacial score (nSPS) is 11.5. The second-order valence-electron chi connectivity index (χ2n) is 6.86. The zero-order valence-corrected chi connectivity index (χ0v) is 18.0. The van der Waals surface area contributed by atoms with Gasteiger partial charge in [0, 0.05) is 24.0 Å². The number of hydrogen-bond donors (Lipinski definition) is 3. The van der Waals surface area contributed by atoms with Crippen LogP contribution in [0.3, 0.4) is 0 Å². The maximum atomic E-state index is 11.7. The molecular weight excluding hydrogens is 370 g/mol. The third-order valence-electron chi connectivity index (χ3n) is 4.05. The third-order valence-corrected chi connectivity index (χ3v) is 4.91. The number of aliphatic imine (C=N–C) groups is 1. The van der Waals surface area contributed by atoms with Crippen LogP contribution in [-0.4, -0.2) is 23.4 Å². The molecule has 2 rings (SSSR count). The molecule has 0 radical (unpaired) electrons. The van der Waals surface area contributed by atoms with Gasteiger partial charge in [0.05, 0.1) is 18.8 Å². The first kappa shape index (κ1) is 21.9. The first-order chi connectivity index (χ1) is 13.5. The summed E-state index contributed by atoms with van der Waals surface area (Å²) in [5.41, 5.74) is 3.04. The van der Waals surface area contributed by atoms with E-state index in [1.54, 1.807) is 11.3 Å². The zero-order chi connectivity index (χ0) is 20.4. The predicted molar refractivity (Wildman–Crippen MR) is 118 cm³/mol. The quantitative estimate of drug-likeness (QED) is 0.433. The molecule has 6 nitrogen and oxygen atoms in total. The maximum absolute atomic E-state index is 11.7. The highest BCUT2D eigenvalue weighted by Gasteiger charge is 2.06. The average Bonchev–Trinajstić information content (AvgIpc) is 3.15. The molecule has 28 heavy (non-hydrogen) atoms. The lowest BCUT2D eigenvalue weighted by Gasteiger charge is -2.10. The van der Waals surface area contributed by atoms with Gasteiger partial charge in [-0.25, -0.2) is 9.98 Å². The van der Waals surface area contributed by atoms with Crippen molar-refractivity contribution in [2.24, 2.45) is 4.99 Å². The van der Waals surface area contributed by atoms with Crippen molar-refractivity contribution >= 4 is 28.9 Å². The Bertz CT molecular complexity index is 767. The van der Waals surface area contributed by atoms with E-state index in [9.17, 15) is 4.79 Å². The van der Waals surface area contributed by atoms with Gasteiger partial charge >= 0.3 is 0 Å². The topological polar surface area (TPSA) is 78.4 Å². The second-order valence-corrected chi connectivity index (χ2v) is 7.81. The van der Waals surface area contributed by atoms with Crippen LogP contribution in [-0.2, 0) is 17.9 Å². The van der Waals surface area contributed by atoms with Crippen molar-refractivity contribution in [3.63, 3.8) is 0 Å². The van der Waals surface area contributed by atoms with Crippen molar-refractivity contribution in [1.29, 1.82) is 0 Å². The lowest BCUT2D eigenvalue weighted by Crippen LogP contribution is -2.36. The summed E-state index contributed by atoms with van der Waals surface area (Å²) < 4.78 is 0. The molecular formula is C21H31N5OS. The van der Waals surface area contributed by atoms with Crippen molar-refractivity contribution in [2.75, 3.05) is 11.9 Å². The Balaban J connectivity index is 1.91. The number of carbonyl (C=O) groups excluding carboxylic acids is 1. The van der Waals surface area contributed by atoms with Crippen LogP contribution >= 0.6 is 11.3 Å². The Kier molecular flexibility index (Phi) is 8.94. The molecule has 2 aromatic rings. The standard InChI is InChI=1S/C21H31N5OS/c1-5-7-19(27)25-17-10-8-16(9-11-17)12-23-21(22-6-2)24-13-20-26-18(14-28-20)15(3)4/h8-11,14-15H,5-7,12-13H2,1-4H3,(H,25,27)(H2,22,23,24). The van der Waals surface area contributed by atoms with Gasteiger partial charge in [-0.3, -0.25) is 4.79 Å². The van der Waals surface area contributed by atoms with Gasteiger partial charge in [0.15, 0.2) is 5.96 Å². The number of amides is 1. The van der Waals surface area contributed by atoms with Crippen LogP contribution < -0.4 is 16.0 Å². The molecule has 0 aliphatic carbocycles. The molecule has 0 unspecified atom stereocenters. The molecule has 152 valence electrons. The molecule has 0 saturated heterocycles. The van der Waals surface area contributed by atoms with E-state index in [4.69, 9.17) is 0 Å². The van der Waals surface area contributed by atoms with E-state index >= 15 is 0 Å². The molecule has 1 heterocycles. The van der Waals surface area contributed by atoms with Crippen LogP contribution in [0.25, 0.3) is 0 Å². The van der Waals surface area contributed by atoms with Crippen LogP contribution in [0.15, 0.2) is 34.6 Å². The van der Waals surface area contributed by atoms with Crippen molar-refractivity contribution in [2.45, 2.75) is 59.5 Å². The summed E-state index contributed by atoms with van der Waals surface area (Å²) in [4.78, 5) is 20.9. The fourth-order valence-corrected chi connectivity index (χ4v) is 3.38. The number of anilines is 1. The summed E-state index contributed by atoms with van der Waals surface area (Å²) in [7, 11) is 0. The minimum Gasteiger partial charge on any atom is -0.357 e. The number of nitrogens with one attached hydrogen (secondary N) is 3. The van der Waals surface area contributed by atoms with Gasteiger partial charge in [-0.05, 0) is 37.0 Å². The van der Waals surface area contributed by atoms with E-state index in [0.717, 1.165) is 40.9 Å². The summed E-state index contributed by atoms with van der Waals surface area (Å²) in [5, 5.41) is 12.7. The smallest absolute Gasteiger partial charge is 0.224 e. The van der Waals surface area contributed by atoms with Crippen molar-refractivity contribution in [3.05, 3.63) is 45.9 Å². The molecule has 0 atom stereocenters. The first-order valence-corrected chi connectivity index (χ1v) is 10.7. The van der Waals surface area contributed by atoms with Crippen LogP contribution in [0.1, 0.15) is 62.7 Å². The van der Waals surface area contributed by atoms with E-state index in [1.165, 1.54) is 0 Å². The van der Waals surface area contributed by atoms with Gasteiger partial charge < -0.3 is 16.0 Å². The third kappa shape index (κ3) is 7.31. The largest absolute Gasteiger partial charge is 0.357 e. The maximum Gasteiger partial charge on any atom is 0.224 e. The fraction of sp³-hybridized carbons (Fsp3) is 0.476. The van der Waals surface area contributed by atoms with Crippen LogP contribution in [0.2, 0.25) is 0 Å². The summed E-state index contributed by atoms with van der Waals surface area (Å²) in [5.74, 6) is 1.26. The minimum atomic E-state index is 0.0507. The van der Waals surface area contributed by atoms with E-state index < -0.39 is 0 Å². The highest BCUT2D eigenvalue weighted by atomic mass is 32.1. The molecule has 0 aliphatic heterocycles. The number of thiazole rings is 1. The Morgan fingerprint density at radius 3 is 2.54 bits per heavy atom. The second kappa shape index (κ2) is 11.4. The molecule has 1 amide bonds. The molecule has 1 aromatic heterocycles. The lowest BCUT2D eigenvalue weighted by atomic mass is 10.2. The molecule has 1 aromatic carbocycles. The van der Waals surface area contributed by atoms with Crippen LogP contribution in [0.5, 0.6) is 0 Å². The molecule has 0 aliphatic rings. The number of aromatic nitrogens is 1. The number of guanidine groups is 1. The van der Waals surface area contributed by atoms with Gasteiger partial charge in [-0.15, -0.1) is 11.3 Å². The highest BCUT2D eigenvalue weighted by Crippen LogP contribution is 2.17. The summed E-state index contributed by atoms with van der Waals surface area (Å²) >= 11 is 1.67. The molecule has 0 saturated carbocycles. The van der Waals surface area contributed by atoms with Gasteiger partial charge in [0.25, 0.3) is 0 Å². The summed E-state index contributed by atoms with van der Waals surface area (Å²) in [6.07, 6.45) is 1.39. The van der Waals surface area contributed by atoms with E-state index in [-0.39, 0.29) is 5.91 Å². The number of carbonyl (C=O) groups is 1. The Hall–Kier alpha value is -2.41. The van der Waals surface area contributed by atoms with E-state index in [2.05, 4.69) is 45.2 Å². The summed E-state index contributed by atoms with van der Waals surface area (Å²) in [6.45, 7) is 10.4.